The third-order valence-corrected chi connectivity index (χ3v) is 8.83. The van der Waals surface area contributed by atoms with Gasteiger partial charge in [-0.1, -0.05) is 120 Å². The van der Waals surface area contributed by atoms with E-state index in [1.54, 1.807) is 0 Å². The molecule has 1 unspecified atom stereocenters. The lowest BCUT2D eigenvalue weighted by Crippen LogP contribution is -2.29. The summed E-state index contributed by atoms with van der Waals surface area (Å²) >= 11 is 0. The van der Waals surface area contributed by atoms with E-state index < -0.39 is 51.8 Å². The summed E-state index contributed by atoms with van der Waals surface area (Å²) in [6, 6.07) is 0. The lowest BCUT2D eigenvalue weighted by atomic mass is 10.1. The molecule has 0 saturated heterocycles. The third-order valence-electron chi connectivity index (χ3n) is 7.88. The highest BCUT2D eigenvalue weighted by Gasteiger charge is 2.27. The van der Waals surface area contributed by atoms with E-state index in [-0.39, 0.29) is 19.4 Å². The molecule has 0 spiro atoms. The van der Waals surface area contributed by atoms with Gasteiger partial charge in [-0.25, -0.2) is 4.57 Å². The number of carbonyl (C=O) groups is 2. The number of ether oxygens (including phenoxy) is 2. The number of aliphatic hydroxyl groups is 2. The molecule has 11 heteroatoms. The minimum atomic E-state index is -4.63. The van der Waals surface area contributed by atoms with Gasteiger partial charge in [0, 0.05) is 12.8 Å². The summed E-state index contributed by atoms with van der Waals surface area (Å²) in [7, 11) is -4.63. The standard InChI is InChI=1S/C41H71O10P/c1-3-5-7-9-11-13-15-17-18-19-20-21-23-25-27-29-31-33-41(45)51-39(37-50-52(46,47)49-35-38(43)34-42)36-48-40(44)32-30-28-26-24-22-16-14-12-10-8-6-4-2/h7,9,12-15,18-19,21,23,38-39,42-43H,3-6,8,10-11,16-17,20,22,24-37H2,1-2H3,(H,46,47)/b9-7+,14-12+,15-13+,19-18+,23-21+/t38-,39+/m0/s1. The van der Waals surface area contributed by atoms with E-state index >= 15 is 0 Å². The van der Waals surface area contributed by atoms with Crippen molar-refractivity contribution in [3.8, 4) is 0 Å². The number of hydrogen-bond acceptors (Lipinski definition) is 9. The van der Waals surface area contributed by atoms with Gasteiger partial charge in [-0.15, -0.1) is 0 Å². The molecule has 10 nitrogen and oxygen atoms in total. The zero-order valence-corrected chi connectivity index (χ0v) is 33.1. The first-order valence-corrected chi connectivity index (χ1v) is 21.2. The fraction of sp³-hybridized carbons (Fsp3) is 0.707. The Bertz CT molecular complexity index is 1050. The molecule has 0 aromatic rings. The van der Waals surface area contributed by atoms with E-state index in [0.29, 0.717) is 12.8 Å². The molecule has 0 aliphatic heterocycles. The SMILES string of the molecule is CCC/C=C/C/C=C/C/C=C/C/C=C/CCCCCC(=O)O[C@H](COC(=O)CCCCCCC/C=C/CCCCC)COP(=O)(O)OC[C@@H](O)CO. The summed E-state index contributed by atoms with van der Waals surface area (Å²) in [5.41, 5.74) is 0. The van der Waals surface area contributed by atoms with Crippen molar-refractivity contribution < 1.29 is 47.8 Å². The lowest BCUT2D eigenvalue weighted by Gasteiger charge is -2.20. The molecule has 0 saturated carbocycles. The van der Waals surface area contributed by atoms with Crippen LogP contribution in [0.3, 0.4) is 0 Å². The molecule has 0 aliphatic rings. The van der Waals surface area contributed by atoms with Crippen molar-refractivity contribution in [3.63, 3.8) is 0 Å². The minimum Gasteiger partial charge on any atom is -0.462 e. The number of aliphatic hydroxyl groups excluding tert-OH is 2. The van der Waals surface area contributed by atoms with E-state index in [1.165, 1.54) is 25.7 Å². The van der Waals surface area contributed by atoms with E-state index in [0.717, 1.165) is 83.5 Å². The van der Waals surface area contributed by atoms with Gasteiger partial charge in [0.05, 0.1) is 19.8 Å². The first-order valence-electron chi connectivity index (χ1n) is 19.7. The Kier molecular flexibility index (Phi) is 35.3. The van der Waals surface area contributed by atoms with Crippen LogP contribution in [0.1, 0.15) is 149 Å². The van der Waals surface area contributed by atoms with E-state index in [9.17, 15) is 24.2 Å². The molecule has 52 heavy (non-hydrogen) atoms. The fourth-order valence-corrected chi connectivity index (χ4v) is 5.59. The smallest absolute Gasteiger partial charge is 0.462 e. The van der Waals surface area contributed by atoms with Gasteiger partial charge in [-0.05, 0) is 77.0 Å². The summed E-state index contributed by atoms with van der Waals surface area (Å²) in [5.74, 6) is -0.978. The van der Waals surface area contributed by atoms with Gasteiger partial charge in [-0.2, -0.15) is 0 Å². The molecule has 0 aliphatic carbocycles. The lowest BCUT2D eigenvalue weighted by molar-refractivity contribution is -0.161. The Hall–Kier alpha value is -2.33. The second-order valence-electron chi connectivity index (χ2n) is 12.9. The number of allylic oxidation sites excluding steroid dienone is 10. The summed E-state index contributed by atoms with van der Waals surface area (Å²) in [6.45, 7) is 2.21. The molecule has 0 rings (SSSR count). The maximum absolute atomic E-state index is 12.6. The van der Waals surface area contributed by atoms with Gasteiger partial charge < -0.3 is 24.6 Å². The Balaban J connectivity index is 4.44. The summed E-state index contributed by atoms with van der Waals surface area (Å²) in [6.07, 6.45) is 39.0. The highest BCUT2D eigenvalue weighted by Crippen LogP contribution is 2.43. The second kappa shape index (κ2) is 37.0. The van der Waals surface area contributed by atoms with Crippen LogP contribution in [0.2, 0.25) is 0 Å². The van der Waals surface area contributed by atoms with Crippen molar-refractivity contribution in [1.82, 2.24) is 0 Å². The molecule has 0 radical (unpaired) electrons. The summed E-state index contributed by atoms with van der Waals surface area (Å²) < 4.78 is 32.6. The molecule has 0 aromatic heterocycles. The molecule has 3 N–H and O–H groups in total. The van der Waals surface area contributed by atoms with Crippen molar-refractivity contribution in [2.45, 2.75) is 161 Å². The van der Waals surface area contributed by atoms with Crippen LogP contribution >= 0.6 is 7.82 Å². The zero-order chi connectivity index (χ0) is 38.4. The number of phosphoric acid groups is 1. The average molecular weight is 755 g/mol. The Morgan fingerprint density at radius 3 is 1.62 bits per heavy atom. The number of carbonyl (C=O) groups excluding carboxylic acids is 2. The normalized spacial score (nSPS) is 14.6. The van der Waals surface area contributed by atoms with Crippen LogP contribution in [0.25, 0.3) is 0 Å². The molecule has 0 amide bonds. The fourth-order valence-electron chi connectivity index (χ4n) is 4.80. The molecular formula is C41H71O10P. The molecule has 300 valence electrons. The quantitative estimate of drug-likeness (QED) is 0.0244. The summed E-state index contributed by atoms with van der Waals surface area (Å²) in [4.78, 5) is 34.8. The van der Waals surface area contributed by atoms with Gasteiger partial charge in [0.2, 0.25) is 0 Å². The molecule has 0 fully saturated rings. The highest BCUT2D eigenvalue weighted by molar-refractivity contribution is 7.47. The molecule has 0 heterocycles. The van der Waals surface area contributed by atoms with Crippen molar-refractivity contribution >= 4 is 19.8 Å². The van der Waals surface area contributed by atoms with Crippen molar-refractivity contribution in [2.75, 3.05) is 26.4 Å². The van der Waals surface area contributed by atoms with E-state index in [2.05, 4.69) is 79.1 Å². The minimum absolute atomic E-state index is 0.142. The Labute approximate surface area is 315 Å². The van der Waals surface area contributed by atoms with Crippen LogP contribution in [-0.4, -0.2) is 65.7 Å². The highest BCUT2D eigenvalue weighted by atomic mass is 31.2. The molecule has 0 bridgehead atoms. The maximum atomic E-state index is 12.6. The van der Waals surface area contributed by atoms with Crippen LogP contribution in [0.4, 0.5) is 0 Å². The number of esters is 2. The Morgan fingerprint density at radius 2 is 1.04 bits per heavy atom. The van der Waals surface area contributed by atoms with Gasteiger partial charge in [0.25, 0.3) is 0 Å². The largest absolute Gasteiger partial charge is 0.472 e. The van der Waals surface area contributed by atoms with E-state index in [4.69, 9.17) is 19.1 Å². The number of unbranched alkanes of at least 4 members (excludes halogenated alkanes) is 12. The number of hydrogen-bond donors (Lipinski definition) is 3. The predicted molar refractivity (Wildman–Crippen MR) is 210 cm³/mol. The number of phosphoric ester groups is 1. The first-order chi connectivity index (χ1) is 25.2. The zero-order valence-electron chi connectivity index (χ0n) is 32.3. The van der Waals surface area contributed by atoms with Crippen LogP contribution in [0, 0.1) is 0 Å². The van der Waals surface area contributed by atoms with E-state index in [1.807, 2.05) is 0 Å². The van der Waals surface area contributed by atoms with Gasteiger partial charge in [-0.3, -0.25) is 18.6 Å². The van der Waals surface area contributed by atoms with Crippen molar-refractivity contribution in [2.24, 2.45) is 0 Å². The maximum Gasteiger partial charge on any atom is 0.472 e. The van der Waals surface area contributed by atoms with Crippen molar-refractivity contribution in [1.29, 1.82) is 0 Å². The molecule has 0 aromatic carbocycles. The Morgan fingerprint density at radius 1 is 0.577 bits per heavy atom. The van der Waals surface area contributed by atoms with Gasteiger partial charge >= 0.3 is 19.8 Å². The van der Waals surface area contributed by atoms with Crippen molar-refractivity contribution in [3.05, 3.63) is 60.8 Å². The molecular weight excluding hydrogens is 683 g/mol. The third kappa shape index (κ3) is 36.0. The van der Waals surface area contributed by atoms with Crippen LogP contribution in [-0.2, 0) is 32.7 Å². The first kappa shape index (κ1) is 49.7. The second-order valence-corrected chi connectivity index (χ2v) is 14.4. The van der Waals surface area contributed by atoms with Gasteiger partial charge in [0.1, 0.15) is 12.7 Å². The van der Waals surface area contributed by atoms with Crippen LogP contribution < -0.4 is 0 Å². The predicted octanol–water partition coefficient (Wildman–Crippen LogP) is 9.94. The molecule has 3 atom stereocenters. The van der Waals surface area contributed by atoms with Crippen LogP contribution in [0.5, 0.6) is 0 Å². The summed E-state index contributed by atoms with van der Waals surface area (Å²) in [5, 5.41) is 18.3. The van der Waals surface area contributed by atoms with Crippen LogP contribution in [0.15, 0.2) is 60.8 Å². The topological polar surface area (TPSA) is 149 Å². The average Bonchev–Trinajstić information content (AvgIpc) is 3.13. The van der Waals surface area contributed by atoms with Gasteiger partial charge in [0.15, 0.2) is 6.10 Å². The number of rotatable bonds is 36. The monoisotopic (exact) mass is 754 g/mol.